The summed E-state index contributed by atoms with van der Waals surface area (Å²) in [6, 6.07) is 2.88. The first-order valence-electron chi connectivity index (χ1n) is 7.38. The number of hydrogen-bond acceptors (Lipinski definition) is 2. The lowest BCUT2D eigenvalue weighted by Gasteiger charge is -2.24. The highest BCUT2D eigenvalue weighted by molar-refractivity contribution is 5.15. The molecule has 1 heterocycles. The number of rotatable bonds is 7. The lowest BCUT2D eigenvalue weighted by Crippen LogP contribution is -2.37. The van der Waals surface area contributed by atoms with Crippen LogP contribution >= 0.6 is 0 Å². The van der Waals surface area contributed by atoms with Gasteiger partial charge in [-0.3, -0.25) is 4.68 Å². The summed E-state index contributed by atoms with van der Waals surface area (Å²) in [6.07, 6.45) is 5.11. The summed E-state index contributed by atoms with van der Waals surface area (Å²) in [4.78, 5) is 0. The maximum atomic E-state index is 4.56. The summed E-state index contributed by atoms with van der Waals surface area (Å²) < 4.78 is 2.17. The van der Waals surface area contributed by atoms with E-state index >= 15 is 0 Å². The van der Waals surface area contributed by atoms with Gasteiger partial charge in [0.15, 0.2) is 0 Å². The lowest BCUT2D eigenvalue weighted by atomic mass is 9.92. The van der Waals surface area contributed by atoms with Gasteiger partial charge in [-0.1, -0.05) is 6.92 Å². The number of nitrogens with one attached hydrogen (secondary N) is 1. The molecule has 1 N–H and O–H groups in total. The van der Waals surface area contributed by atoms with Gasteiger partial charge in [0.05, 0.1) is 5.69 Å². The summed E-state index contributed by atoms with van der Waals surface area (Å²) in [7, 11) is 0. The highest BCUT2D eigenvalue weighted by Crippen LogP contribution is 2.51. The van der Waals surface area contributed by atoms with Gasteiger partial charge < -0.3 is 5.32 Å². The molecule has 1 aromatic rings. The molecule has 0 radical (unpaired) electrons. The molecule has 2 rings (SSSR count). The van der Waals surface area contributed by atoms with Crippen LogP contribution in [0.1, 0.15) is 51.4 Å². The van der Waals surface area contributed by atoms with Gasteiger partial charge in [-0.2, -0.15) is 5.10 Å². The second kappa shape index (κ2) is 5.43. The largest absolute Gasteiger partial charge is 0.314 e. The minimum atomic E-state index is 0.495. The van der Waals surface area contributed by atoms with Crippen LogP contribution in [0, 0.1) is 12.3 Å². The smallest absolute Gasteiger partial charge is 0.0596 e. The maximum Gasteiger partial charge on any atom is 0.0596 e. The molecular formula is C15H27N3. The molecule has 1 unspecified atom stereocenters. The van der Waals surface area contributed by atoms with Crippen LogP contribution in [0.15, 0.2) is 6.07 Å². The number of nitrogens with zero attached hydrogens (tertiary/aromatic N) is 2. The monoisotopic (exact) mass is 249 g/mol. The van der Waals surface area contributed by atoms with Crippen molar-refractivity contribution in [2.75, 3.05) is 6.54 Å². The zero-order valence-corrected chi connectivity index (χ0v) is 12.3. The quantitative estimate of drug-likeness (QED) is 0.805. The number of aryl methyl sites for hydroxylation is 2. The summed E-state index contributed by atoms with van der Waals surface area (Å²) >= 11 is 0. The van der Waals surface area contributed by atoms with Gasteiger partial charge in [0.1, 0.15) is 0 Å². The Labute approximate surface area is 111 Å². The molecule has 1 saturated carbocycles. The Balaban J connectivity index is 2.03. The minimum Gasteiger partial charge on any atom is -0.314 e. The van der Waals surface area contributed by atoms with Crippen molar-refractivity contribution in [2.24, 2.45) is 5.41 Å². The number of hydrogen-bond donors (Lipinski definition) is 1. The topological polar surface area (TPSA) is 29.9 Å². The van der Waals surface area contributed by atoms with Crippen molar-refractivity contribution < 1.29 is 0 Å². The molecule has 1 atom stereocenters. The van der Waals surface area contributed by atoms with E-state index in [1.807, 2.05) is 0 Å². The Morgan fingerprint density at radius 3 is 2.72 bits per heavy atom. The second-order valence-electron chi connectivity index (χ2n) is 5.81. The summed E-state index contributed by atoms with van der Waals surface area (Å²) in [5.41, 5.74) is 3.06. The van der Waals surface area contributed by atoms with E-state index in [1.165, 1.54) is 31.4 Å². The Hall–Kier alpha value is -0.830. The molecule has 1 aliphatic carbocycles. The Morgan fingerprint density at radius 1 is 1.44 bits per heavy atom. The Bertz CT molecular complexity index is 390. The SMILES string of the molecule is CCCNC(C)C1(Cc2cc(C)nn2CC)CC1. The zero-order valence-electron chi connectivity index (χ0n) is 12.3. The highest BCUT2D eigenvalue weighted by Gasteiger charge is 2.47. The third kappa shape index (κ3) is 2.77. The molecule has 1 fully saturated rings. The third-order valence-corrected chi connectivity index (χ3v) is 4.33. The van der Waals surface area contributed by atoms with Crippen LogP contribution in [0.5, 0.6) is 0 Å². The molecule has 3 nitrogen and oxygen atoms in total. The summed E-state index contributed by atoms with van der Waals surface area (Å²) in [6.45, 7) is 11.0. The van der Waals surface area contributed by atoms with E-state index < -0.39 is 0 Å². The standard InChI is InChI=1S/C15H27N3/c1-5-9-16-13(4)15(7-8-15)11-14-10-12(3)17-18(14)6-2/h10,13,16H,5-9,11H2,1-4H3. The lowest BCUT2D eigenvalue weighted by molar-refractivity contribution is 0.342. The average molecular weight is 249 g/mol. The van der Waals surface area contributed by atoms with Gasteiger partial charge in [-0.25, -0.2) is 0 Å². The molecule has 1 aromatic heterocycles. The summed E-state index contributed by atoms with van der Waals surface area (Å²) in [5.74, 6) is 0. The van der Waals surface area contributed by atoms with E-state index in [-0.39, 0.29) is 0 Å². The highest BCUT2D eigenvalue weighted by atomic mass is 15.3. The fourth-order valence-corrected chi connectivity index (χ4v) is 2.88. The fraction of sp³-hybridized carbons (Fsp3) is 0.800. The van der Waals surface area contributed by atoms with Gasteiger partial charge in [0, 0.05) is 18.3 Å². The molecule has 0 spiro atoms. The molecule has 0 amide bonds. The Kier molecular flexibility index (Phi) is 4.10. The molecule has 102 valence electrons. The van der Waals surface area contributed by atoms with Gasteiger partial charge in [-0.05, 0) is 64.5 Å². The maximum absolute atomic E-state index is 4.56. The molecule has 0 saturated heterocycles. The molecule has 18 heavy (non-hydrogen) atoms. The first-order chi connectivity index (χ1) is 8.61. The molecular weight excluding hydrogens is 222 g/mol. The van der Waals surface area contributed by atoms with E-state index in [9.17, 15) is 0 Å². The van der Waals surface area contributed by atoms with Crippen molar-refractivity contribution >= 4 is 0 Å². The van der Waals surface area contributed by atoms with Gasteiger partial charge in [0.25, 0.3) is 0 Å². The van der Waals surface area contributed by atoms with E-state index in [4.69, 9.17) is 0 Å². The molecule has 1 aliphatic rings. The van der Waals surface area contributed by atoms with E-state index in [2.05, 4.69) is 48.9 Å². The first kappa shape index (κ1) is 13.6. The third-order valence-electron chi connectivity index (χ3n) is 4.33. The predicted octanol–water partition coefficient (Wildman–Crippen LogP) is 2.92. The van der Waals surface area contributed by atoms with Crippen LogP contribution in [-0.2, 0) is 13.0 Å². The first-order valence-corrected chi connectivity index (χ1v) is 7.38. The van der Waals surface area contributed by atoms with E-state index in [0.29, 0.717) is 11.5 Å². The van der Waals surface area contributed by atoms with Crippen LogP contribution in [0.4, 0.5) is 0 Å². The molecule has 0 bridgehead atoms. The zero-order chi connectivity index (χ0) is 13.2. The van der Waals surface area contributed by atoms with Gasteiger partial charge >= 0.3 is 0 Å². The van der Waals surface area contributed by atoms with Crippen LogP contribution < -0.4 is 5.32 Å². The van der Waals surface area contributed by atoms with Crippen LogP contribution in [0.2, 0.25) is 0 Å². The second-order valence-corrected chi connectivity index (χ2v) is 5.81. The predicted molar refractivity (Wildman–Crippen MR) is 75.8 cm³/mol. The van der Waals surface area contributed by atoms with Crippen molar-refractivity contribution in [1.29, 1.82) is 0 Å². The summed E-state index contributed by atoms with van der Waals surface area (Å²) in [5, 5.41) is 8.23. The minimum absolute atomic E-state index is 0.495. The van der Waals surface area contributed by atoms with Crippen molar-refractivity contribution in [3.63, 3.8) is 0 Å². The van der Waals surface area contributed by atoms with E-state index in [1.54, 1.807) is 0 Å². The van der Waals surface area contributed by atoms with E-state index in [0.717, 1.165) is 18.8 Å². The average Bonchev–Trinajstić information content (AvgIpc) is 3.04. The van der Waals surface area contributed by atoms with Crippen molar-refractivity contribution in [3.05, 3.63) is 17.5 Å². The Morgan fingerprint density at radius 2 is 2.17 bits per heavy atom. The van der Waals surface area contributed by atoms with Crippen LogP contribution in [0.25, 0.3) is 0 Å². The van der Waals surface area contributed by atoms with Crippen molar-refractivity contribution in [2.45, 2.75) is 66.0 Å². The van der Waals surface area contributed by atoms with Crippen molar-refractivity contribution in [3.8, 4) is 0 Å². The van der Waals surface area contributed by atoms with Crippen molar-refractivity contribution in [1.82, 2.24) is 15.1 Å². The number of aromatic nitrogens is 2. The van der Waals surface area contributed by atoms with Gasteiger partial charge in [0.2, 0.25) is 0 Å². The molecule has 0 aromatic carbocycles. The molecule has 0 aliphatic heterocycles. The fourth-order valence-electron chi connectivity index (χ4n) is 2.88. The van der Waals surface area contributed by atoms with Crippen LogP contribution in [-0.4, -0.2) is 22.4 Å². The normalized spacial score (nSPS) is 18.9. The molecule has 3 heteroatoms. The van der Waals surface area contributed by atoms with Crippen LogP contribution in [0.3, 0.4) is 0 Å². The van der Waals surface area contributed by atoms with Gasteiger partial charge in [-0.15, -0.1) is 0 Å².